The average molecular weight is 261 g/mol. The second kappa shape index (κ2) is 3.90. The molecule has 0 unspecified atom stereocenters. The van der Waals surface area contributed by atoms with Crippen LogP contribution in [0.15, 0.2) is 23.6 Å². The first-order chi connectivity index (χ1) is 8.28. The quantitative estimate of drug-likeness (QED) is 0.720. The van der Waals surface area contributed by atoms with E-state index < -0.39 is 0 Å². The van der Waals surface area contributed by atoms with Crippen LogP contribution in [0.3, 0.4) is 0 Å². The van der Waals surface area contributed by atoms with Gasteiger partial charge in [0, 0.05) is 0 Å². The molecule has 0 aliphatic carbocycles. The average Bonchev–Trinajstić information content (AvgIpc) is 2.97. The Hall–Kier alpha value is -1.79. The van der Waals surface area contributed by atoms with Crippen molar-refractivity contribution in [3.8, 4) is 10.7 Å². The molecule has 0 spiro atoms. The lowest BCUT2D eigenvalue weighted by Crippen LogP contribution is -1.94. The van der Waals surface area contributed by atoms with Crippen molar-refractivity contribution in [2.75, 3.05) is 5.73 Å². The van der Waals surface area contributed by atoms with E-state index in [1.165, 1.54) is 11.3 Å². The number of fused-ring (bicyclic) bond motifs is 1. The molecule has 0 radical (unpaired) electrons. The fourth-order valence-electron chi connectivity index (χ4n) is 1.54. The lowest BCUT2D eigenvalue weighted by atomic mass is 10.3. The molecule has 3 heterocycles. The number of anilines is 1. The minimum Gasteiger partial charge on any atom is -0.383 e. The zero-order valence-corrected chi connectivity index (χ0v) is 10.2. The number of aromatic nitrogens is 2. The summed E-state index contributed by atoms with van der Waals surface area (Å²) < 4.78 is 0. The topological polar surface area (TPSA) is 68.9 Å². The van der Waals surface area contributed by atoms with Gasteiger partial charge >= 0.3 is 0 Å². The van der Waals surface area contributed by atoms with Crippen LogP contribution in [0.2, 0.25) is 0 Å². The molecule has 0 aliphatic rings. The van der Waals surface area contributed by atoms with Crippen LogP contribution in [-0.4, -0.2) is 16.3 Å². The van der Waals surface area contributed by atoms with Gasteiger partial charge in [0.15, 0.2) is 12.1 Å². The van der Waals surface area contributed by atoms with Gasteiger partial charge in [-0.3, -0.25) is 4.79 Å². The maximum atomic E-state index is 10.7. The molecule has 0 saturated heterocycles. The van der Waals surface area contributed by atoms with E-state index in [9.17, 15) is 4.79 Å². The molecule has 84 valence electrons. The molecular weight excluding hydrogens is 254 g/mol. The molecule has 4 nitrogen and oxygen atoms in total. The highest BCUT2D eigenvalue weighted by Crippen LogP contribution is 2.30. The van der Waals surface area contributed by atoms with E-state index in [-0.39, 0.29) is 0 Å². The van der Waals surface area contributed by atoms with E-state index in [4.69, 9.17) is 5.73 Å². The molecule has 0 fully saturated rings. The number of nitrogens with zero attached hydrogens (tertiary/aromatic N) is 2. The highest BCUT2D eigenvalue weighted by Gasteiger charge is 2.11. The predicted octanol–water partition coefficient (Wildman–Crippen LogP) is 2.81. The molecule has 3 aromatic heterocycles. The SMILES string of the molecule is Nc1nc(-c2cccs2)nc2sc(C=O)cc12. The lowest BCUT2D eigenvalue weighted by molar-refractivity contribution is 0.112. The molecule has 2 N–H and O–H groups in total. The number of rotatable bonds is 2. The Morgan fingerprint density at radius 1 is 1.35 bits per heavy atom. The highest BCUT2D eigenvalue weighted by molar-refractivity contribution is 7.20. The molecule has 3 aromatic rings. The Morgan fingerprint density at radius 2 is 2.24 bits per heavy atom. The lowest BCUT2D eigenvalue weighted by Gasteiger charge is -1.99. The Bertz CT molecular complexity index is 688. The minimum atomic E-state index is 0.419. The maximum absolute atomic E-state index is 10.7. The summed E-state index contributed by atoms with van der Waals surface area (Å²) >= 11 is 2.89. The number of nitrogen functional groups attached to an aromatic ring is 1. The third-order valence-corrected chi connectivity index (χ3v) is 4.12. The van der Waals surface area contributed by atoms with Crippen LogP contribution in [-0.2, 0) is 0 Å². The van der Waals surface area contributed by atoms with Crippen LogP contribution >= 0.6 is 22.7 Å². The summed E-state index contributed by atoms with van der Waals surface area (Å²) in [5.74, 6) is 1.03. The van der Waals surface area contributed by atoms with Gasteiger partial charge in [0.2, 0.25) is 0 Å². The number of carbonyl (C=O) groups excluding carboxylic acids is 1. The van der Waals surface area contributed by atoms with Gasteiger partial charge in [0.1, 0.15) is 10.6 Å². The van der Waals surface area contributed by atoms with E-state index in [1.54, 1.807) is 17.4 Å². The monoisotopic (exact) mass is 261 g/mol. The standard InChI is InChI=1S/C11H7N3OS2/c12-9-7-4-6(5-15)17-11(7)14-10(13-9)8-2-1-3-16-8/h1-5H,(H2,12,13,14). The van der Waals surface area contributed by atoms with Crippen molar-refractivity contribution in [1.29, 1.82) is 0 Å². The molecular formula is C11H7N3OS2. The Kier molecular flexibility index (Phi) is 2.38. The third-order valence-electron chi connectivity index (χ3n) is 2.30. The van der Waals surface area contributed by atoms with E-state index >= 15 is 0 Å². The number of aldehydes is 1. The van der Waals surface area contributed by atoms with Crippen molar-refractivity contribution in [3.63, 3.8) is 0 Å². The first-order valence-corrected chi connectivity index (χ1v) is 6.53. The Morgan fingerprint density at radius 3 is 2.94 bits per heavy atom. The fourth-order valence-corrected chi connectivity index (χ4v) is 3.05. The summed E-state index contributed by atoms with van der Waals surface area (Å²) in [4.78, 5) is 21.7. The van der Waals surface area contributed by atoms with Crippen LogP contribution in [0.4, 0.5) is 5.82 Å². The predicted molar refractivity (Wildman–Crippen MR) is 70.5 cm³/mol. The van der Waals surface area contributed by atoms with Crippen LogP contribution in [0, 0.1) is 0 Å². The van der Waals surface area contributed by atoms with E-state index in [1.807, 2.05) is 17.5 Å². The van der Waals surface area contributed by atoms with Crippen LogP contribution < -0.4 is 5.73 Å². The van der Waals surface area contributed by atoms with Crippen molar-refractivity contribution < 1.29 is 4.79 Å². The largest absolute Gasteiger partial charge is 0.383 e. The molecule has 0 amide bonds. The van der Waals surface area contributed by atoms with Gasteiger partial charge in [0.25, 0.3) is 0 Å². The molecule has 3 rings (SSSR count). The summed E-state index contributed by atoms with van der Waals surface area (Å²) in [5.41, 5.74) is 5.88. The summed E-state index contributed by atoms with van der Waals surface area (Å²) in [6.45, 7) is 0. The van der Waals surface area contributed by atoms with Gasteiger partial charge < -0.3 is 5.73 Å². The smallest absolute Gasteiger partial charge is 0.173 e. The van der Waals surface area contributed by atoms with Crippen LogP contribution in [0.5, 0.6) is 0 Å². The summed E-state index contributed by atoms with van der Waals surface area (Å²) in [6.07, 6.45) is 0.802. The summed E-state index contributed by atoms with van der Waals surface area (Å²) in [5, 5.41) is 2.71. The van der Waals surface area contributed by atoms with Gasteiger partial charge in [-0.2, -0.15) is 0 Å². The summed E-state index contributed by atoms with van der Waals surface area (Å²) in [7, 11) is 0. The van der Waals surface area contributed by atoms with E-state index in [0.717, 1.165) is 21.4 Å². The molecule has 17 heavy (non-hydrogen) atoms. The first-order valence-electron chi connectivity index (χ1n) is 4.84. The van der Waals surface area contributed by atoms with Crippen molar-refractivity contribution in [3.05, 3.63) is 28.5 Å². The maximum Gasteiger partial charge on any atom is 0.173 e. The van der Waals surface area contributed by atoms with Crippen LogP contribution in [0.1, 0.15) is 9.67 Å². The van der Waals surface area contributed by atoms with Gasteiger partial charge in [0.05, 0.1) is 15.1 Å². The highest BCUT2D eigenvalue weighted by atomic mass is 32.1. The zero-order chi connectivity index (χ0) is 11.8. The van der Waals surface area contributed by atoms with Crippen molar-refractivity contribution in [1.82, 2.24) is 9.97 Å². The van der Waals surface area contributed by atoms with Gasteiger partial charge in [-0.15, -0.1) is 22.7 Å². The molecule has 0 atom stereocenters. The summed E-state index contributed by atoms with van der Waals surface area (Å²) in [6, 6.07) is 5.61. The molecule has 6 heteroatoms. The Balaban J connectivity index is 2.26. The molecule has 0 bridgehead atoms. The second-order valence-corrected chi connectivity index (χ2v) is 5.41. The zero-order valence-electron chi connectivity index (χ0n) is 8.58. The van der Waals surface area contributed by atoms with Crippen molar-refractivity contribution in [2.24, 2.45) is 0 Å². The minimum absolute atomic E-state index is 0.419. The van der Waals surface area contributed by atoms with E-state index in [0.29, 0.717) is 16.5 Å². The number of hydrogen-bond donors (Lipinski definition) is 1. The van der Waals surface area contributed by atoms with E-state index in [2.05, 4.69) is 9.97 Å². The Labute approximate surface area is 105 Å². The second-order valence-electron chi connectivity index (χ2n) is 3.40. The van der Waals surface area contributed by atoms with Crippen molar-refractivity contribution >= 4 is 45.0 Å². The third kappa shape index (κ3) is 1.71. The number of hydrogen-bond acceptors (Lipinski definition) is 6. The number of thiophene rings is 2. The van der Waals surface area contributed by atoms with Gasteiger partial charge in [-0.05, 0) is 17.5 Å². The molecule has 0 aromatic carbocycles. The van der Waals surface area contributed by atoms with Crippen LogP contribution in [0.25, 0.3) is 20.9 Å². The fraction of sp³-hybridized carbons (Fsp3) is 0. The van der Waals surface area contributed by atoms with Crippen molar-refractivity contribution in [2.45, 2.75) is 0 Å². The number of nitrogens with two attached hydrogens (primary N) is 1. The van der Waals surface area contributed by atoms with Gasteiger partial charge in [-0.1, -0.05) is 6.07 Å². The number of carbonyl (C=O) groups is 1. The molecule has 0 aliphatic heterocycles. The first kappa shape index (κ1) is 10.4. The molecule has 0 saturated carbocycles. The normalized spacial score (nSPS) is 10.8. The van der Waals surface area contributed by atoms with Gasteiger partial charge in [-0.25, -0.2) is 9.97 Å².